The average molecular weight is 212 g/mol. The number of halogens is 2. The van der Waals surface area contributed by atoms with Crippen molar-refractivity contribution < 1.29 is 18.7 Å². The molecule has 4 heteroatoms. The Morgan fingerprint density at radius 2 is 2.20 bits per heavy atom. The first kappa shape index (κ1) is 10.1. The lowest BCUT2D eigenvalue weighted by molar-refractivity contribution is -0.138. The largest absolute Gasteiger partial charge is 0.481 e. The smallest absolute Gasteiger partial charge is 0.307 e. The minimum absolute atomic E-state index is 0.162. The van der Waals surface area contributed by atoms with E-state index in [1.165, 1.54) is 0 Å². The maximum Gasteiger partial charge on any atom is 0.307 e. The lowest BCUT2D eigenvalue weighted by Crippen LogP contribution is -2.13. The number of carboxylic acid groups (broad SMARTS) is 1. The number of benzene rings is 1. The molecule has 0 amide bonds. The summed E-state index contributed by atoms with van der Waals surface area (Å²) in [7, 11) is 0. The zero-order valence-corrected chi connectivity index (χ0v) is 8.13. The van der Waals surface area contributed by atoms with Gasteiger partial charge in [0.2, 0.25) is 0 Å². The minimum atomic E-state index is -0.957. The van der Waals surface area contributed by atoms with Gasteiger partial charge in [0.25, 0.3) is 0 Å². The molecule has 2 rings (SSSR count). The van der Waals surface area contributed by atoms with Crippen LogP contribution in [0.3, 0.4) is 0 Å². The molecule has 80 valence electrons. The second kappa shape index (κ2) is 3.02. The third-order valence-electron chi connectivity index (χ3n) is 3.08. The number of carbonyl (C=O) groups is 1. The molecule has 0 saturated heterocycles. The maximum absolute atomic E-state index is 13.4. The number of carboxylic acids is 1. The molecule has 0 radical (unpaired) electrons. The van der Waals surface area contributed by atoms with E-state index in [9.17, 15) is 13.6 Å². The van der Waals surface area contributed by atoms with Crippen molar-refractivity contribution in [3.63, 3.8) is 0 Å². The molecule has 0 heterocycles. The van der Waals surface area contributed by atoms with Gasteiger partial charge in [0, 0.05) is 5.41 Å². The highest BCUT2D eigenvalue weighted by Crippen LogP contribution is 2.54. The fraction of sp³-hybridized carbons (Fsp3) is 0.364. The SMILES string of the molecule is C[C@]1(c2cc(F)ccc2F)C[C@@H]1C(=O)O. The molecule has 15 heavy (non-hydrogen) atoms. The highest BCUT2D eigenvalue weighted by molar-refractivity contribution is 5.77. The van der Waals surface area contributed by atoms with Gasteiger partial charge in [-0.3, -0.25) is 4.79 Å². The zero-order valence-electron chi connectivity index (χ0n) is 8.13. The lowest BCUT2D eigenvalue weighted by atomic mass is 9.95. The Kier molecular flexibility index (Phi) is 2.03. The fourth-order valence-electron chi connectivity index (χ4n) is 1.96. The molecule has 0 aromatic heterocycles. The summed E-state index contributed by atoms with van der Waals surface area (Å²) >= 11 is 0. The van der Waals surface area contributed by atoms with Crippen molar-refractivity contribution in [3.05, 3.63) is 35.4 Å². The van der Waals surface area contributed by atoms with E-state index in [0.29, 0.717) is 6.42 Å². The van der Waals surface area contributed by atoms with Gasteiger partial charge < -0.3 is 5.11 Å². The van der Waals surface area contributed by atoms with E-state index < -0.39 is 28.9 Å². The van der Waals surface area contributed by atoms with Crippen LogP contribution in [0.1, 0.15) is 18.9 Å². The van der Waals surface area contributed by atoms with Crippen LogP contribution < -0.4 is 0 Å². The molecule has 0 unspecified atom stereocenters. The predicted molar refractivity (Wildman–Crippen MR) is 49.5 cm³/mol. The van der Waals surface area contributed by atoms with Crippen LogP contribution in [-0.4, -0.2) is 11.1 Å². The predicted octanol–water partition coefficient (Wildman–Crippen LogP) is 2.33. The quantitative estimate of drug-likeness (QED) is 0.816. The van der Waals surface area contributed by atoms with Gasteiger partial charge in [-0.15, -0.1) is 0 Å². The van der Waals surface area contributed by atoms with E-state index in [2.05, 4.69) is 0 Å². The van der Waals surface area contributed by atoms with E-state index >= 15 is 0 Å². The highest BCUT2D eigenvalue weighted by atomic mass is 19.1. The molecule has 1 fully saturated rings. The monoisotopic (exact) mass is 212 g/mol. The van der Waals surface area contributed by atoms with Crippen LogP contribution in [0.25, 0.3) is 0 Å². The minimum Gasteiger partial charge on any atom is -0.481 e. The van der Waals surface area contributed by atoms with Crippen molar-refractivity contribution >= 4 is 5.97 Å². The van der Waals surface area contributed by atoms with Crippen molar-refractivity contribution in [2.24, 2.45) is 5.92 Å². The molecule has 1 N–H and O–H groups in total. The number of aliphatic carboxylic acids is 1. The van der Waals surface area contributed by atoms with Gasteiger partial charge >= 0.3 is 5.97 Å². The van der Waals surface area contributed by atoms with Crippen LogP contribution in [-0.2, 0) is 10.2 Å². The zero-order chi connectivity index (χ0) is 11.2. The molecule has 1 aromatic rings. The summed E-state index contributed by atoms with van der Waals surface area (Å²) in [6, 6.07) is 3.14. The summed E-state index contributed by atoms with van der Waals surface area (Å²) in [4.78, 5) is 10.7. The highest BCUT2D eigenvalue weighted by Gasteiger charge is 2.57. The Morgan fingerprint density at radius 3 is 2.73 bits per heavy atom. The molecule has 2 nitrogen and oxygen atoms in total. The summed E-state index contributed by atoms with van der Waals surface area (Å²) in [5, 5.41) is 8.79. The molecule has 0 bridgehead atoms. The Morgan fingerprint density at radius 1 is 1.53 bits per heavy atom. The van der Waals surface area contributed by atoms with E-state index in [-0.39, 0.29) is 5.56 Å². The van der Waals surface area contributed by atoms with E-state index in [4.69, 9.17) is 5.11 Å². The number of rotatable bonds is 2. The maximum atomic E-state index is 13.4. The van der Waals surface area contributed by atoms with Crippen LogP contribution in [0.2, 0.25) is 0 Å². The van der Waals surface area contributed by atoms with Crippen molar-refractivity contribution in [3.8, 4) is 0 Å². The Balaban J connectivity index is 2.39. The summed E-state index contributed by atoms with van der Waals surface area (Å²) in [5.41, 5.74) is -0.590. The first-order valence-corrected chi connectivity index (χ1v) is 4.63. The molecule has 1 aliphatic carbocycles. The van der Waals surface area contributed by atoms with Gasteiger partial charge in [-0.1, -0.05) is 6.92 Å². The van der Waals surface area contributed by atoms with E-state index in [1.54, 1.807) is 6.92 Å². The van der Waals surface area contributed by atoms with Crippen molar-refractivity contribution in [1.29, 1.82) is 0 Å². The second-order valence-electron chi connectivity index (χ2n) is 4.14. The molecule has 1 aromatic carbocycles. The average Bonchev–Trinajstić information content (AvgIpc) is 2.84. The Bertz CT molecular complexity index is 431. The first-order valence-electron chi connectivity index (χ1n) is 4.63. The third kappa shape index (κ3) is 1.50. The molecular formula is C11H10F2O2. The number of hydrogen-bond donors (Lipinski definition) is 1. The fourth-order valence-corrected chi connectivity index (χ4v) is 1.96. The van der Waals surface area contributed by atoms with Crippen molar-refractivity contribution in [2.45, 2.75) is 18.8 Å². The van der Waals surface area contributed by atoms with Crippen LogP contribution in [0, 0.1) is 17.6 Å². The third-order valence-corrected chi connectivity index (χ3v) is 3.08. The number of hydrogen-bond acceptors (Lipinski definition) is 1. The first-order chi connectivity index (χ1) is 6.95. The van der Waals surface area contributed by atoms with Gasteiger partial charge in [0.15, 0.2) is 0 Å². The Hall–Kier alpha value is -1.45. The van der Waals surface area contributed by atoms with Gasteiger partial charge in [0.1, 0.15) is 11.6 Å². The van der Waals surface area contributed by atoms with E-state index in [1.807, 2.05) is 0 Å². The molecule has 1 saturated carbocycles. The summed E-state index contributed by atoms with van der Waals surface area (Å²) in [6.07, 6.45) is 0.364. The van der Waals surface area contributed by atoms with Gasteiger partial charge in [-0.05, 0) is 30.2 Å². The molecule has 1 aliphatic rings. The van der Waals surface area contributed by atoms with Gasteiger partial charge in [-0.25, -0.2) is 8.78 Å². The van der Waals surface area contributed by atoms with Gasteiger partial charge in [-0.2, -0.15) is 0 Å². The van der Waals surface area contributed by atoms with Crippen LogP contribution in [0.15, 0.2) is 18.2 Å². The standard InChI is InChI=1S/C11H10F2O2/c1-11(5-8(11)10(14)15)7-4-6(12)2-3-9(7)13/h2-4,8H,5H2,1H3,(H,14,15)/t8-,11-/m1/s1. The summed E-state index contributed by atoms with van der Waals surface area (Å²) in [5.74, 6) is -2.64. The second-order valence-corrected chi connectivity index (χ2v) is 4.14. The lowest BCUT2D eigenvalue weighted by Gasteiger charge is -2.11. The van der Waals surface area contributed by atoms with Crippen LogP contribution in [0.5, 0.6) is 0 Å². The van der Waals surface area contributed by atoms with Crippen molar-refractivity contribution in [2.75, 3.05) is 0 Å². The Labute approximate surface area is 85.5 Å². The normalized spacial score (nSPS) is 28.9. The molecule has 2 atom stereocenters. The summed E-state index contributed by atoms with van der Waals surface area (Å²) in [6.45, 7) is 1.64. The van der Waals surface area contributed by atoms with Crippen molar-refractivity contribution in [1.82, 2.24) is 0 Å². The summed E-state index contributed by atoms with van der Waals surface area (Å²) < 4.78 is 26.3. The van der Waals surface area contributed by atoms with E-state index in [0.717, 1.165) is 18.2 Å². The van der Waals surface area contributed by atoms with Gasteiger partial charge in [0.05, 0.1) is 5.92 Å². The van der Waals surface area contributed by atoms with Crippen LogP contribution >= 0.6 is 0 Å². The van der Waals surface area contributed by atoms with Crippen LogP contribution in [0.4, 0.5) is 8.78 Å². The molecule has 0 aliphatic heterocycles. The molecular weight excluding hydrogens is 202 g/mol. The topological polar surface area (TPSA) is 37.3 Å². The molecule has 0 spiro atoms.